The summed E-state index contributed by atoms with van der Waals surface area (Å²) in [6.45, 7) is 8.48. The summed E-state index contributed by atoms with van der Waals surface area (Å²) in [7, 11) is 0. The molecule has 1 fully saturated rings. The third-order valence-electron chi connectivity index (χ3n) is 5.64. The summed E-state index contributed by atoms with van der Waals surface area (Å²) in [5, 5.41) is 3.16. The van der Waals surface area contributed by atoms with E-state index in [0.717, 1.165) is 47.0 Å². The van der Waals surface area contributed by atoms with Crippen molar-refractivity contribution in [2.75, 3.05) is 26.2 Å². The van der Waals surface area contributed by atoms with Gasteiger partial charge in [-0.05, 0) is 54.6 Å². The van der Waals surface area contributed by atoms with Crippen molar-refractivity contribution < 1.29 is 9.53 Å². The molecule has 168 valence electrons. The van der Waals surface area contributed by atoms with Crippen LogP contribution >= 0.6 is 34.5 Å². The molecule has 0 radical (unpaired) electrons. The first kappa shape index (κ1) is 23.1. The normalized spacial score (nSPS) is 14.6. The zero-order valence-corrected chi connectivity index (χ0v) is 20.6. The number of carbonyl (C=O) groups is 1. The summed E-state index contributed by atoms with van der Waals surface area (Å²) >= 11 is 13.6. The first-order chi connectivity index (χ1) is 15.4. The van der Waals surface area contributed by atoms with E-state index in [1.807, 2.05) is 53.6 Å². The highest BCUT2D eigenvalue weighted by molar-refractivity contribution is 7.12. The van der Waals surface area contributed by atoms with Gasteiger partial charge in [-0.1, -0.05) is 47.0 Å². The predicted octanol–water partition coefficient (Wildman–Crippen LogP) is 6.21. The molecule has 1 amide bonds. The number of thiophene rings is 1. The molecule has 0 unspecified atom stereocenters. The van der Waals surface area contributed by atoms with E-state index in [4.69, 9.17) is 27.9 Å². The van der Waals surface area contributed by atoms with Crippen LogP contribution in [0.25, 0.3) is 0 Å². The second-order valence-electron chi connectivity index (χ2n) is 8.19. The maximum Gasteiger partial charge on any atom is 0.264 e. The first-order valence-electron chi connectivity index (χ1n) is 10.6. The topological polar surface area (TPSA) is 32.8 Å². The Morgan fingerprint density at radius 2 is 1.75 bits per heavy atom. The summed E-state index contributed by atoms with van der Waals surface area (Å²) in [4.78, 5) is 18.0. The van der Waals surface area contributed by atoms with Crippen molar-refractivity contribution in [1.29, 1.82) is 0 Å². The molecule has 4 rings (SSSR count). The lowest BCUT2D eigenvalue weighted by Crippen LogP contribution is -2.48. The minimum atomic E-state index is 0.0990. The quantitative estimate of drug-likeness (QED) is 0.413. The molecule has 1 aliphatic rings. The van der Waals surface area contributed by atoms with E-state index < -0.39 is 0 Å². The molecule has 0 spiro atoms. The number of rotatable bonds is 6. The predicted molar refractivity (Wildman–Crippen MR) is 132 cm³/mol. The van der Waals surface area contributed by atoms with Crippen LogP contribution in [0.5, 0.6) is 5.75 Å². The lowest BCUT2D eigenvalue weighted by Gasteiger charge is -2.34. The standard InChI is InChI=1S/C25H26Cl2N2O2S/c1-17-3-6-23(18(2)11-17)31-15-20-13-24(32-16-20)25(30)29-9-7-28(8-10-29)14-19-4-5-21(26)22(27)12-19/h3-6,11-13,16H,7-10,14-15H2,1-2H3. The monoisotopic (exact) mass is 488 g/mol. The SMILES string of the molecule is Cc1ccc(OCc2csc(C(=O)N3CCN(Cc4ccc(Cl)c(Cl)c4)CC3)c2)c(C)c1. The molecule has 32 heavy (non-hydrogen) atoms. The van der Waals surface area contributed by atoms with Crippen molar-refractivity contribution in [3.8, 4) is 5.75 Å². The first-order valence-corrected chi connectivity index (χ1v) is 12.3. The number of hydrogen-bond acceptors (Lipinski definition) is 4. The molecule has 0 atom stereocenters. The van der Waals surface area contributed by atoms with Gasteiger partial charge in [0, 0.05) is 38.3 Å². The number of aryl methyl sites for hydroxylation is 2. The van der Waals surface area contributed by atoms with Gasteiger partial charge < -0.3 is 9.64 Å². The van der Waals surface area contributed by atoms with Crippen LogP contribution in [-0.2, 0) is 13.2 Å². The highest BCUT2D eigenvalue weighted by atomic mass is 35.5. The van der Waals surface area contributed by atoms with Crippen molar-refractivity contribution in [1.82, 2.24) is 9.80 Å². The number of ether oxygens (including phenoxy) is 1. The van der Waals surface area contributed by atoms with Gasteiger partial charge in [-0.25, -0.2) is 0 Å². The van der Waals surface area contributed by atoms with E-state index in [0.29, 0.717) is 29.7 Å². The maximum atomic E-state index is 13.0. The minimum absolute atomic E-state index is 0.0990. The fourth-order valence-electron chi connectivity index (χ4n) is 3.85. The summed E-state index contributed by atoms with van der Waals surface area (Å²) in [5.41, 5.74) is 4.49. The van der Waals surface area contributed by atoms with Crippen LogP contribution in [0.3, 0.4) is 0 Å². The highest BCUT2D eigenvalue weighted by Gasteiger charge is 2.23. The summed E-state index contributed by atoms with van der Waals surface area (Å²) in [5.74, 6) is 0.981. The molecule has 1 aliphatic heterocycles. The molecule has 2 heterocycles. The van der Waals surface area contributed by atoms with E-state index in [9.17, 15) is 4.79 Å². The fourth-order valence-corrected chi connectivity index (χ4v) is 5.03. The van der Waals surface area contributed by atoms with Gasteiger partial charge in [0.1, 0.15) is 12.4 Å². The Morgan fingerprint density at radius 1 is 0.969 bits per heavy atom. The Balaban J connectivity index is 1.28. The smallest absolute Gasteiger partial charge is 0.264 e. The zero-order valence-electron chi connectivity index (χ0n) is 18.2. The number of piperazine rings is 1. The molecule has 1 saturated heterocycles. The Kier molecular flexibility index (Phi) is 7.41. The molecule has 2 aromatic carbocycles. The van der Waals surface area contributed by atoms with E-state index in [1.165, 1.54) is 16.9 Å². The second kappa shape index (κ2) is 10.3. The van der Waals surface area contributed by atoms with E-state index in [2.05, 4.69) is 17.9 Å². The van der Waals surface area contributed by atoms with Gasteiger partial charge in [-0.15, -0.1) is 11.3 Å². The Bertz CT molecular complexity index is 1110. The third kappa shape index (κ3) is 5.65. The number of amides is 1. The number of nitrogens with zero attached hydrogens (tertiary/aromatic N) is 2. The van der Waals surface area contributed by atoms with Crippen molar-refractivity contribution in [3.05, 3.63) is 85.0 Å². The number of halogens is 2. The van der Waals surface area contributed by atoms with Gasteiger partial charge in [-0.2, -0.15) is 0 Å². The third-order valence-corrected chi connectivity index (χ3v) is 7.35. The van der Waals surface area contributed by atoms with Crippen LogP contribution in [0.2, 0.25) is 10.0 Å². The molecule has 7 heteroatoms. The highest BCUT2D eigenvalue weighted by Crippen LogP contribution is 2.25. The second-order valence-corrected chi connectivity index (χ2v) is 9.92. The maximum absolute atomic E-state index is 13.0. The summed E-state index contributed by atoms with van der Waals surface area (Å²) in [6.07, 6.45) is 0. The lowest BCUT2D eigenvalue weighted by atomic mass is 10.1. The Morgan fingerprint density at radius 3 is 2.47 bits per heavy atom. The minimum Gasteiger partial charge on any atom is -0.489 e. The largest absolute Gasteiger partial charge is 0.489 e. The Hall–Kier alpha value is -2.05. The molecule has 4 nitrogen and oxygen atoms in total. The fraction of sp³-hybridized carbons (Fsp3) is 0.320. The molecular weight excluding hydrogens is 463 g/mol. The molecular formula is C25H26Cl2N2O2S. The number of hydrogen-bond donors (Lipinski definition) is 0. The van der Waals surface area contributed by atoms with Crippen LogP contribution in [0.4, 0.5) is 0 Å². The van der Waals surface area contributed by atoms with Crippen LogP contribution in [0.15, 0.2) is 47.8 Å². The lowest BCUT2D eigenvalue weighted by molar-refractivity contribution is 0.0633. The van der Waals surface area contributed by atoms with Gasteiger partial charge in [0.25, 0.3) is 5.91 Å². The average molecular weight is 489 g/mol. The van der Waals surface area contributed by atoms with Gasteiger partial charge in [0.15, 0.2) is 0 Å². The molecule has 0 aliphatic carbocycles. The number of carbonyl (C=O) groups excluding carboxylic acids is 1. The van der Waals surface area contributed by atoms with Crippen LogP contribution in [0, 0.1) is 13.8 Å². The van der Waals surface area contributed by atoms with Gasteiger partial charge >= 0.3 is 0 Å². The van der Waals surface area contributed by atoms with Crippen LogP contribution < -0.4 is 4.74 Å². The summed E-state index contributed by atoms with van der Waals surface area (Å²) < 4.78 is 5.96. The van der Waals surface area contributed by atoms with Crippen molar-refractivity contribution in [2.45, 2.75) is 27.0 Å². The van der Waals surface area contributed by atoms with Gasteiger partial charge in [0.2, 0.25) is 0 Å². The molecule has 0 N–H and O–H groups in total. The average Bonchev–Trinajstić information content (AvgIpc) is 3.25. The van der Waals surface area contributed by atoms with E-state index in [-0.39, 0.29) is 5.91 Å². The number of benzene rings is 2. The van der Waals surface area contributed by atoms with Crippen LogP contribution in [0.1, 0.15) is 31.9 Å². The molecule has 0 bridgehead atoms. The van der Waals surface area contributed by atoms with E-state index >= 15 is 0 Å². The van der Waals surface area contributed by atoms with Crippen LogP contribution in [-0.4, -0.2) is 41.9 Å². The molecule has 1 aromatic heterocycles. The van der Waals surface area contributed by atoms with Gasteiger partial charge in [0.05, 0.1) is 14.9 Å². The molecule has 3 aromatic rings. The van der Waals surface area contributed by atoms with Crippen molar-refractivity contribution in [2.24, 2.45) is 0 Å². The van der Waals surface area contributed by atoms with Crippen molar-refractivity contribution in [3.63, 3.8) is 0 Å². The van der Waals surface area contributed by atoms with E-state index in [1.54, 1.807) is 0 Å². The Labute approximate surface area is 203 Å². The molecule has 0 saturated carbocycles. The zero-order chi connectivity index (χ0) is 22.7. The van der Waals surface area contributed by atoms with Gasteiger partial charge in [-0.3, -0.25) is 9.69 Å². The summed E-state index contributed by atoms with van der Waals surface area (Å²) in [6, 6.07) is 13.9. The van der Waals surface area contributed by atoms with Crippen molar-refractivity contribution >= 4 is 40.4 Å².